The predicted molar refractivity (Wildman–Crippen MR) is 74.9 cm³/mol. The van der Waals surface area contributed by atoms with Crippen molar-refractivity contribution >= 4 is 11.8 Å². The molecule has 2 unspecified atom stereocenters. The van der Waals surface area contributed by atoms with Crippen molar-refractivity contribution in [2.24, 2.45) is 0 Å². The molecule has 3 heteroatoms. The minimum Gasteiger partial charge on any atom is -0.494 e. The first-order chi connectivity index (χ1) is 8.29. The van der Waals surface area contributed by atoms with Crippen LogP contribution in [0.2, 0.25) is 0 Å². The normalized spacial score (nSPS) is 25.3. The summed E-state index contributed by atoms with van der Waals surface area (Å²) in [5.74, 6) is 2.13. The van der Waals surface area contributed by atoms with Gasteiger partial charge in [0.05, 0.1) is 6.61 Å². The van der Waals surface area contributed by atoms with Crippen LogP contribution in [0.1, 0.15) is 31.9 Å². The largest absolute Gasteiger partial charge is 0.494 e. The Balaban J connectivity index is 2.00. The Kier molecular flexibility index (Phi) is 4.75. The molecule has 1 heterocycles. The van der Waals surface area contributed by atoms with E-state index < -0.39 is 0 Å². The van der Waals surface area contributed by atoms with Gasteiger partial charge in [-0.15, -0.1) is 0 Å². The molecule has 0 aromatic heterocycles. The van der Waals surface area contributed by atoms with E-state index in [4.69, 9.17) is 4.74 Å². The van der Waals surface area contributed by atoms with E-state index in [-0.39, 0.29) is 0 Å². The van der Waals surface area contributed by atoms with Crippen molar-refractivity contribution in [3.63, 3.8) is 0 Å². The van der Waals surface area contributed by atoms with E-state index in [9.17, 15) is 0 Å². The summed E-state index contributed by atoms with van der Waals surface area (Å²) in [7, 11) is 0. The highest BCUT2D eigenvalue weighted by atomic mass is 32.2. The number of hydrogen-bond acceptors (Lipinski definition) is 3. The van der Waals surface area contributed by atoms with Crippen molar-refractivity contribution in [1.29, 1.82) is 0 Å². The standard InChI is InChI=1S/C14H21NOS/c1-3-16-13-6-4-12(5-7-13)14-10-17-11(2)8-9-15-14/h4-7,11,14-15H,3,8-10H2,1-2H3. The molecule has 1 aliphatic rings. The molecular weight excluding hydrogens is 230 g/mol. The van der Waals surface area contributed by atoms with Gasteiger partial charge in [0.1, 0.15) is 5.75 Å². The zero-order chi connectivity index (χ0) is 12.1. The number of benzene rings is 1. The third kappa shape index (κ3) is 3.65. The van der Waals surface area contributed by atoms with E-state index in [0.29, 0.717) is 6.04 Å². The highest BCUT2D eigenvalue weighted by Gasteiger charge is 2.17. The minimum absolute atomic E-state index is 0.487. The minimum atomic E-state index is 0.487. The van der Waals surface area contributed by atoms with Gasteiger partial charge >= 0.3 is 0 Å². The molecule has 1 aromatic rings. The third-order valence-corrected chi connectivity index (χ3v) is 4.41. The maximum atomic E-state index is 5.46. The molecule has 0 amide bonds. The third-order valence-electron chi connectivity index (χ3n) is 3.08. The van der Waals surface area contributed by atoms with Crippen LogP contribution in [0.3, 0.4) is 0 Å². The average Bonchev–Trinajstić information content (AvgIpc) is 2.56. The second kappa shape index (κ2) is 6.31. The molecule has 2 nitrogen and oxygen atoms in total. The molecule has 0 radical (unpaired) electrons. The molecule has 0 saturated carbocycles. The van der Waals surface area contributed by atoms with Gasteiger partial charge in [-0.3, -0.25) is 0 Å². The summed E-state index contributed by atoms with van der Waals surface area (Å²) in [6.07, 6.45) is 1.26. The topological polar surface area (TPSA) is 21.3 Å². The monoisotopic (exact) mass is 251 g/mol. The van der Waals surface area contributed by atoms with Gasteiger partial charge in [0, 0.05) is 17.0 Å². The maximum absolute atomic E-state index is 5.46. The summed E-state index contributed by atoms with van der Waals surface area (Å²) in [4.78, 5) is 0. The van der Waals surface area contributed by atoms with E-state index in [1.807, 2.05) is 6.92 Å². The lowest BCUT2D eigenvalue weighted by Gasteiger charge is -2.16. The van der Waals surface area contributed by atoms with E-state index >= 15 is 0 Å². The van der Waals surface area contributed by atoms with Gasteiger partial charge in [-0.05, 0) is 37.6 Å². The lowest BCUT2D eigenvalue weighted by molar-refractivity contribution is 0.340. The Hall–Kier alpha value is -0.670. The van der Waals surface area contributed by atoms with Crippen LogP contribution in [-0.4, -0.2) is 24.2 Å². The number of thioether (sulfide) groups is 1. The smallest absolute Gasteiger partial charge is 0.119 e. The first kappa shape index (κ1) is 12.8. The summed E-state index contributed by atoms with van der Waals surface area (Å²) >= 11 is 2.06. The SMILES string of the molecule is CCOc1ccc(C2CSC(C)CCN2)cc1. The Morgan fingerprint density at radius 2 is 2.12 bits per heavy atom. The molecule has 17 heavy (non-hydrogen) atoms. The van der Waals surface area contributed by atoms with Crippen molar-refractivity contribution in [2.45, 2.75) is 31.6 Å². The van der Waals surface area contributed by atoms with Crippen molar-refractivity contribution in [3.05, 3.63) is 29.8 Å². The van der Waals surface area contributed by atoms with Gasteiger partial charge in [-0.2, -0.15) is 11.8 Å². The Bertz CT molecular complexity index is 339. The summed E-state index contributed by atoms with van der Waals surface area (Å²) < 4.78 is 5.46. The van der Waals surface area contributed by atoms with E-state index in [1.165, 1.54) is 12.0 Å². The van der Waals surface area contributed by atoms with Crippen molar-refractivity contribution < 1.29 is 4.74 Å². The summed E-state index contributed by atoms with van der Waals surface area (Å²) in [5, 5.41) is 4.39. The van der Waals surface area contributed by atoms with E-state index in [2.05, 4.69) is 48.3 Å². The quantitative estimate of drug-likeness (QED) is 0.891. The summed E-state index contributed by atoms with van der Waals surface area (Å²) in [5.41, 5.74) is 1.37. The van der Waals surface area contributed by atoms with Crippen LogP contribution in [0, 0.1) is 0 Å². The highest BCUT2D eigenvalue weighted by molar-refractivity contribution is 7.99. The lowest BCUT2D eigenvalue weighted by Crippen LogP contribution is -2.22. The molecule has 94 valence electrons. The Morgan fingerprint density at radius 1 is 1.35 bits per heavy atom. The molecule has 2 rings (SSSR count). The second-order valence-electron chi connectivity index (χ2n) is 4.44. The molecule has 1 aliphatic heterocycles. The number of ether oxygens (including phenoxy) is 1. The first-order valence-corrected chi connectivity index (χ1v) is 7.42. The van der Waals surface area contributed by atoms with Crippen molar-refractivity contribution in [1.82, 2.24) is 5.32 Å². The number of rotatable bonds is 3. The molecule has 0 aliphatic carbocycles. The van der Waals surface area contributed by atoms with Crippen LogP contribution in [-0.2, 0) is 0 Å². The fourth-order valence-corrected chi connectivity index (χ4v) is 3.16. The van der Waals surface area contributed by atoms with Crippen LogP contribution in [0.4, 0.5) is 0 Å². The second-order valence-corrected chi connectivity index (χ2v) is 5.91. The molecule has 1 saturated heterocycles. The van der Waals surface area contributed by atoms with Gasteiger partial charge in [-0.25, -0.2) is 0 Å². The van der Waals surface area contributed by atoms with Gasteiger partial charge in [-0.1, -0.05) is 19.1 Å². The lowest BCUT2D eigenvalue weighted by atomic mass is 10.1. The van der Waals surface area contributed by atoms with Gasteiger partial charge in [0.15, 0.2) is 0 Å². The predicted octanol–water partition coefficient (Wildman–Crippen LogP) is 3.24. The zero-order valence-electron chi connectivity index (χ0n) is 10.6. The van der Waals surface area contributed by atoms with Crippen LogP contribution >= 0.6 is 11.8 Å². The van der Waals surface area contributed by atoms with Gasteiger partial charge in [0.2, 0.25) is 0 Å². The highest BCUT2D eigenvalue weighted by Crippen LogP contribution is 2.26. The van der Waals surface area contributed by atoms with Crippen LogP contribution in [0.15, 0.2) is 24.3 Å². The fraction of sp³-hybridized carbons (Fsp3) is 0.571. The number of hydrogen-bond donors (Lipinski definition) is 1. The first-order valence-electron chi connectivity index (χ1n) is 6.37. The fourth-order valence-electron chi connectivity index (χ4n) is 2.04. The molecule has 2 atom stereocenters. The van der Waals surface area contributed by atoms with Gasteiger partial charge < -0.3 is 10.1 Å². The Morgan fingerprint density at radius 3 is 2.82 bits per heavy atom. The molecule has 1 fully saturated rings. The zero-order valence-corrected chi connectivity index (χ0v) is 11.4. The summed E-state index contributed by atoms with van der Waals surface area (Å²) in [6, 6.07) is 8.98. The van der Waals surface area contributed by atoms with E-state index in [1.54, 1.807) is 0 Å². The molecule has 0 bridgehead atoms. The average molecular weight is 251 g/mol. The van der Waals surface area contributed by atoms with Crippen molar-refractivity contribution in [3.8, 4) is 5.75 Å². The van der Waals surface area contributed by atoms with Crippen LogP contribution in [0.25, 0.3) is 0 Å². The molecule has 1 aromatic carbocycles. The molecule has 1 N–H and O–H groups in total. The van der Waals surface area contributed by atoms with Crippen LogP contribution < -0.4 is 10.1 Å². The summed E-state index contributed by atoms with van der Waals surface area (Å²) in [6.45, 7) is 6.17. The van der Waals surface area contributed by atoms with Crippen LogP contribution in [0.5, 0.6) is 5.75 Å². The molecule has 0 spiro atoms. The maximum Gasteiger partial charge on any atom is 0.119 e. The Labute approximate surface area is 108 Å². The van der Waals surface area contributed by atoms with Gasteiger partial charge in [0.25, 0.3) is 0 Å². The van der Waals surface area contributed by atoms with E-state index in [0.717, 1.165) is 29.9 Å². The number of nitrogens with one attached hydrogen (secondary N) is 1. The molecular formula is C14H21NOS. The van der Waals surface area contributed by atoms with Crippen molar-refractivity contribution in [2.75, 3.05) is 18.9 Å².